The lowest BCUT2D eigenvalue weighted by molar-refractivity contribution is -0.303. The van der Waals surface area contributed by atoms with Gasteiger partial charge in [-0.25, -0.2) is 4.79 Å². The molecular formula is C4H5F3O4. The van der Waals surface area contributed by atoms with Crippen LogP contribution in [0.25, 0.3) is 0 Å². The molecule has 0 radical (unpaired) electrons. The molecule has 0 saturated heterocycles. The molecule has 0 atom stereocenters. The summed E-state index contributed by atoms with van der Waals surface area (Å²) < 4.78 is 33.8. The Morgan fingerprint density at radius 2 is 2.00 bits per heavy atom. The maximum absolute atomic E-state index is 11.3. The number of hydrogen-bond acceptors (Lipinski definition) is 4. The smallest absolute Gasteiger partial charge is 0.394 e. The van der Waals surface area contributed by atoms with Crippen molar-refractivity contribution in [1.29, 1.82) is 0 Å². The normalized spacial score (nSPS) is 11.3. The number of carbonyl (C=O) groups is 1. The van der Waals surface area contributed by atoms with Crippen molar-refractivity contribution < 1.29 is 32.8 Å². The SMILES string of the molecule is O=C(OOCCO)C(F)(F)F. The standard InChI is InChI=1S/C4H5F3O4/c5-4(6,7)3(9)11-10-2-1-8/h8H,1-2H2. The van der Waals surface area contributed by atoms with E-state index in [4.69, 9.17) is 5.11 Å². The van der Waals surface area contributed by atoms with Crippen LogP contribution >= 0.6 is 0 Å². The van der Waals surface area contributed by atoms with Crippen molar-refractivity contribution in [1.82, 2.24) is 0 Å². The van der Waals surface area contributed by atoms with Gasteiger partial charge in [-0.15, -0.1) is 0 Å². The third-order valence-electron chi connectivity index (χ3n) is 0.541. The van der Waals surface area contributed by atoms with Crippen LogP contribution in [-0.4, -0.2) is 30.5 Å². The van der Waals surface area contributed by atoms with E-state index >= 15 is 0 Å². The minimum Gasteiger partial charge on any atom is -0.394 e. The van der Waals surface area contributed by atoms with Gasteiger partial charge in [0.1, 0.15) is 6.61 Å². The summed E-state index contributed by atoms with van der Waals surface area (Å²) in [6, 6.07) is 0. The number of aliphatic hydroxyl groups is 1. The minimum atomic E-state index is -5.06. The van der Waals surface area contributed by atoms with Crippen molar-refractivity contribution in [2.45, 2.75) is 6.18 Å². The van der Waals surface area contributed by atoms with Gasteiger partial charge in [0, 0.05) is 0 Å². The van der Waals surface area contributed by atoms with Gasteiger partial charge in [-0.05, 0) is 0 Å². The Balaban J connectivity index is 3.54. The molecule has 0 heterocycles. The molecule has 0 amide bonds. The summed E-state index contributed by atoms with van der Waals surface area (Å²) in [6.07, 6.45) is -5.06. The zero-order valence-electron chi connectivity index (χ0n) is 5.22. The average molecular weight is 174 g/mol. The van der Waals surface area contributed by atoms with Crippen molar-refractivity contribution in [2.24, 2.45) is 0 Å². The first-order chi connectivity index (χ1) is 4.98. The Hall–Kier alpha value is -0.820. The zero-order chi connectivity index (χ0) is 8.91. The molecule has 0 spiro atoms. The van der Waals surface area contributed by atoms with Crippen LogP contribution in [0.2, 0.25) is 0 Å². The van der Waals surface area contributed by atoms with Crippen LogP contribution in [0.1, 0.15) is 0 Å². The quantitative estimate of drug-likeness (QED) is 0.372. The maximum Gasteiger partial charge on any atom is 0.494 e. The fourth-order valence-electron chi connectivity index (χ4n) is 0.180. The molecule has 0 fully saturated rings. The van der Waals surface area contributed by atoms with Gasteiger partial charge in [-0.3, -0.25) is 4.89 Å². The zero-order valence-corrected chi connectivity index (χ0v) is 5.22. The summed E-state index contributed by atoms with van der Waals surface area (Å²) in [4.78, 5) is 16.7. The molecule has 0 aromatic carbocycles. The molecule has 7 heteroatoms. The summed E-state index contributed by atoms with van der Waals surface area (Å²) in [5.41, 5.74) is 0. The predicted octanol–water partition coefficient (Wildman–Crippen LogP) is 0.0158. The molecule has 0 aromatic rings. The minimum absolute atomic E-state index is 0.484. The van der Waals surface area contributed by atoms with Crippen LogP contribution in [0.5, 0.6) is 0 Å². The molecule has 0 aliphatic heterocycles. The van der Waals surface area contributed by atoms with Crippen molar-refractivity contribution >= 4 is 5.97 Å². The first-order valence-electron chi connectivity index (χ1n) is 2.50. The van der Waals surface area contributed by atoms with Gasteiger partial charge >= 0.3 is 12.1 Å². The van der Waals surface area contributed by atoms with Crippen LogP contribution in [-0.2, 0) is 14.6 Å². The molecular weight excluding hydrogens is 169 g/mol. The highest BCUT2D eigenvalue weighted by atomic mass is 19.4. The number of alkyl halides is 3. The van der Waals surface area contributed by atoms with Gasteiger partial charge in [0.05, 0.1) is 6.61 Å². The second-order valence-electron chi connectivity index (χ2n) is 1.41. The summed E-state index contributed by atoms with van der Waals surface area (Å²) in [5.74, 6) is -2.44. The third-order valence-corrected chi connectivity index (χ3v) is 0.541. The van der Waals surface area contributed by atoms with Gasteiger partial charge in [0.25, 0.3) is 0 Å². The highest BCUT2D eigenvalue weighted by Gasteiger charge is 2.42. The molecule has 66 valence electrons. The highest BCUT2D eigenvalue weighted by Crippen LogP contribution is 2.16. The van der Waals surface area contributed by atoms with Crippen molar-refractivity contribution in [3.63, 3.8) is 0 Å². The number of aliphatic hydroxyl groups excluding tert-OH is 1. The molecule has 0 aliphatic carbocycles. The van der Waals surface area contributed by atoms with E-state index in [0.29, 0.717) is 0 Å². The Bertz CT molecular complexity index is 132. The van der Waals surface area contributed by atoms with Crippen LogP contribution in [0, 0.1) is 0 Å². The third kappa shape index (κ3) is 4.57. The lowest BCUT2D eigenvalue weighted by Gasteiger charge is -2.03. The van der Waals surface area contributed by atoms with E-state index in [0.717, 1.165) is 0 Å². The van der Waals surface area contributed by atoms with Gasteiger partial charge in [0.2, 0.25) is 0 Å². The Morgan fingerprint density at radius 1 is 1.45 bits per heavy atom. The summed E-state index contributed by atoms with van der Waals surface area (Å²) in [6.45, 7) is -1.01. The number of carbonyl (C=O) groups excluding carboxylic acids is 1. The van der Waals surface area contributed by atoms with Crippen molar-refractivity contribution in [2.75, 3.05) is 13.2 Å². The second kappa shape index (κ2) is 4.14. The number of hydrogen-bond donors (Lipinski definition) is 1. The molecule has 1 N–H and O–H groups in total. The highest BCUT2D eigenvalue weighted by molar-refractivity contribution is 5.74. The molecule has 0 rings (SSSR count). The fraction of sp³-hybridized carbons (Fsp3) is 0.750. The summed E-state index contributed by atoms with van der Waals surface area (Å²) in [7, 11) is 0. The predicted molar refractivity (Wildman–Crippen MR) is 25.2 cm³/mol. The van der Waals surface area contributed by atoms with E-state index in [1.807, 2.05) is 0 Å². The largest absolute Gasteiger partial charge is 0.494 e. The van der Waals surface area contributed by atoms with E-state index in [2.05, 4.69) is 9.78 Å². The van der Waals surface area contributed by atoms with Gasteiger partial charge in [-0.1, -0.05) is 0 Å². The van der Waals surface area contributed by atoms with Crippen molar-refractivity contribution in [3.05, 3.63) is 0 Å². The molecule has 0 unspecified atom stereocenters. The van der Waals surface area contributed by atoms with Crippen molar-refractivity contribution in [3.8, 4) is 0 Å². The van der Waals surface area contributed by atoms with E-state index in [9.17, 15) is 18.0 Å². The monoisotopic (exact) mass is 174 g/mol. The van der Waals surface area contributed by atoms with E-state index in [-0.39, 0.29) is 0 Å². The topological polar surface area (TPSA) is 55.8 Å². The molecule has 0 bridgehead atoms. The Labute approximate surface area is 59.4 Å². The first-order valence-corrected chi connectivity index (χ1v) is 2.50. The second-order valence-corrected chi connectivity index (χ2v) is 1.41. The molecule has 0 aliphatic rings. The number of halogens is 3. The van der Waals surface area contributed by atoms with Gasteiger partial charge in [-0.2, -0.15) is 18.1 Å². The van der Waals surface area contributed by atoms with Crippen LogP contribution in [0.15, 0.2) is 0 Å². The summed E-state index contributed by atoms with van der Waals surface area (Å²) in [5, 5.41) is 7.98. The van der Waals surface area contributed by atoms with Gasteiger partial charge < -0.3 is 5.11 Å². The Kier molecular flexibility index (Phi) is 3.83. The Morgan fingerprint density at radius 3 is 2.36 bits per heavy atom. The van der Waals surface area contributed by atoms with E-state index in [1.165, 1.54) is 0 Å². The molecule has 11 heavy (non-hydrogen) atoms. The molecule has 0 aromatic heterocycles. The van der Waals surface area contributed by atoms with Crippen LogP contribution in [0.3, 0.4) is 0 Å². The van der Waals surface area contributed by atoms with Crippen LogP contribution < -0.4 is 0 Å². The maximum atomic E-state index is 11.3. The average Bonchev–Trinajstić information content (AvgIpc) is 1.86. The fourth-order valence-corrected chi connectivity index (χ4v) is 0.180. The van der Waals surface area contributed by atoms with Gasteiger partial charge in [0.15, 0.2) is 0 Å². The van der Waals surface area contributed by atoms with Crippen LogP contribution in [0.4, 0.5) is 13.2 Å². The molecule has 0 saturated carbocycles. The first kappa shape index (κ1) is 10.2. The van der Waals surface area contributed by atoms with E-state index < -0.39 is 25.4 Å². The summed E-state index contributed by atoms with van der Waals surface area (Å²) >= 11 is 0. The number of rotatable bonds is 3. The molecule has 4 nitrogen and oxygen atoms in total. The lowest BCUT2D eigenvalue weighted by Crippen LogP contribution is -2.25. The van der Waals surface area contributed by atoms with E-state index in [1.54, 1.807) is 0 Å². The lowest BCUT2D eigenvalue weighted by atomic mass is 10.7.